The van der Waals surface area contributed by atoms with Crippen LogP contribution in [0.4, 0.5) is 24.7 Å². The Morgan fingerprint density at radius 2 is 1.85 bits per heavy atom. The number of aryl methyl sites for hydroxylation is 1. The number of ether oxygens (including phenoxy) is 1. The summed E-state index contributed by atoms with van der Waals surface area (Å²) in [6.07, 6.45) is -0.0994. The first kappa shape index (κ1) is 28.1. The molecular formula is C30H36F3N5O2. The highest BCUT2D eigenvalue weighted by atomic mass is 19.4. The molecule has 7 nitrogen and oxygen atoms in total. The lowest BCUT2D eigenvalue weighted by Gasteiger charge is -2.33. The molecule has 2 atom stereocenters. The number of halogens is 3. The van der Waals surface area contributed by atoms with Crippen molar-refractivity contribution in [3.8, 4) is 0 Å². The van der Waals surface area contributed by atoms with Gasteiger partial charge in [-0.1, -0.05) is 6.07 Å². The maximum atomic E-state index is 13.4. The molecular weight excluding hydrogens is 519 g/mol. The number of anilines is 2. The van der Waals surface area contributed by atoms with Gasteiger partial charge >= 0.3 is 6.18 Å². The number of alkyl halides is 3. The van der Waals surface area contributed by atoms with Crippen molar-refractivity contribution >= 4 is 28.3 Å². The van der Waals surface area contributed by atoms with Crippen LogP contribution in [-0.2, 0) is 15.7 Å². The van der Waals surface area contributed by atoms with Gasteiger partial charge in [0.25, 0.3) is 0 Å². The van der Waals surface area contributed by atoms with E-state index in [0.29, 0.717) is 36.3 Å². The van der Waals surface area contributed by atoms with Crippen LogP contribution < -0.4 is 11.1 Å². The van der Waals surface area contributed by atoms with E-state index in [9.17, 15) is 18.0 Å². The maximum absolute atomic E-state index is 13.4. The van der Waals surface area contributed by atoms with Gasteiger partial charge in [-0.05, 0) is 93.3 Å². The van der Waals surface area contributed by atoms with Gasteiger partial charge in [-0.2, -0.15) is 13.2 Å². The summed E-state index contributed by atoms with van der Waals surface area (Å²) >= 11 is 0. The van der Waals surface area contributed by atoms with E-state index >= 15 is 0 Å². The SMILES string of the molecule is Cc1nc(N[C@H](C)c2cc(N)cc(C(F)(F)F)c2)c2cc(C3CCC(C(=O)N(C)[C@H]4CCOC4)CC3)ccc2n1. The highest BCUT2D eigenvalue weighted by Crippen LogP contribution is 2.39. The largest absolute Gasteiger partial charge is 0.416 e. The minimum atomic E-state index is -4.49. The fraction of sp³-hybridized carbons (Fsp3) is 0.500. The second-order valence-corrected chi connectivity index (χ2v) is 11.2. The summed E-state index contributed by atoms with van der Waals surface area (Å²) in [5.41, 5.74) is 7.42. The van der Waals surface area contributed by atoms with Crippen molar-refractivity contribution in [2.75, 3.05) is 31.3 Å². The average molecular weight is 556 g/mol. The third-order valence-electron chi connectivity index (χ3n) is 8.34. The number of hydrogen-bond donors (Lipinski definition) is 2. The van der Waals surface area contributed by atoms with E-state index in [4.69, 9.17) is 10.5 Å². The average Bonchev–Trinajstić information content (AvgIpc) is 3.46. The van der Waals surface area contributed by atoms with Gasteiger partial charge in [0.1, 0.15) is 11.6 Å². The van der Waals surface area contributed by atoms with Gasteiger partial charge < -0.3 is 20.7 Å². The minimum Gasteiger partial charge on any atom is -0.399 e. The van der Waals surface area contributed by atoms with Gasteiger partial charge in [-0.25, -0.2) is 9.97 Å². The van der Waals surface area contributed by atoms with Gasteiger partial charge in [0.15, 0.2) is 0 Å². The first-order chi connectivity index (χ1) is 19.0. The van der Waals surface area contributed by atoms with E-state index in [-0.39, 0.29) is 23.6 Å². The zero-order chi connectivity index (χ0) is 28.6. The minimum absolute atomic E-state index is 0.0336. The fourth-order valence-electron chi connectivity index (χ4n) is 5.97. The third-order valence-corrected chi connectivity index (χ3v) is 8.34. The molecule has 2 aromatic carbocycles. The van der Waals surface area contributed by atoms with E-state index in [2.05, 4.69) is 27.4 Å². The van der Waals surface area contributed by atoms with Crippen LogP contribution >= 0.6 is 0 Å². The number of carbonyl (C=O) groups is 1. The van der Waals surface area contributed by atoms with E-state index in [0.717, 1.165) is 60.7 Å². The summed E-state index contributed by atoms with van der Waals surface area (Å²) < 4.78 is 45.6. The molecule has 0 bridgehead atoms. The van der Waals surface area contributed by atoms with Crippen LogP contribution in [0.2, 0.25) is 0 Å². The topological polar surface area (TPSA) is 93.4 Å². The molecule has 3 aromatic rings. The molecule has 0 unspecified atom stereocenters. The number of nitrogens with one attached hydrogen (secondary N) is 1. The van der Waals surface area contributed by atoms with Crippen molar-refractivity contribution < 1.29 is 22.7 Å². The number of amides is 1. The van der Waals surface area contributed by atoms with Crippen molar-refractivity contribution in [1.29, 1.82) is 0 Å². The van der Waals surface area contributed by atoms with E-state index in [1.165, 1.54) is 0 Å². The van der Waals surface area contributed by atoms with Crippen LogP contribution in [0.5, 0.6) is 0 Å². The lowest BCUT2D eigenvalue weighted by Crippen LogP contribution is -2.41. The summed E-state index contributed by atoms with van der Waals surface area (Å²) in [6.45, 7) is 4.91. The number of aromatic nitrogens is 2. The van der Waals surface area contributed by atoms with Crippen molar-refractivity contribution in [2.45, 2.75) is 70.1 Å². The Labute approximate surface area is 232 Å². The summed E-state index contributed by atoms with van der Waals surface area (Å²) in [4.78, 5) is 24.1. The van der Waals surface area contributed by atoms with Crippen molar-refractivity contribution in [1.82, 2.24) is 14.9 Å². The maximum Gasteiger partial charge on any atom is 0.416 e. The predicted octanol–water partition coefficient (Wildman–Crippen LogP) is 6.23. The highest BCUT2D eigenvalue weighted by Gasteiger charge is 2.33. The van der Waals surface area contributed by atoms with Crippen LogP contribution in [0.25, 0.3) is 10.9 Å². The Bertz CT molecular complexity index is 1380. The van der Waals surface area contributed by atoms with Crippen LogP contribution in [-0.4, -0.2) is 47.1 Å². The summed E-state index contributed by atoms with van der Waals surface area (Å²) in [5, 5.41) is 4.12. The van der Waals surface area contributed by atoms with Crippen LogP contribution in [0.1, 0.15) is 73.5 Å². The number of nitrogen functional groups attached to an aromatic ring is 1. The van der Waals surface area contributed by atoms with Crippen molar-refractivity contribution in [3.05, 3.63) is 58.9 Å². The number of fused-ring (bicyclic) bond motifs is 1. The Morgan fingerprint density at radius 3 is 2.52 bits per heavy atom. The molecule has 2 heterocycles. The highest BCUT2D eigenvalue weighted by molar-refractivity contribution is 5.90. The molecule has 0 radical (unpaired) electrons. The molecule has 3 N–H and O–H groups in total. The monoisotopic (exact) mass is 555 g/mol. The molecule has 5 rings (SSSR count). The molecule has 1 amide bonds. The van der Waals surface area contributed by atoms with Crippen LogP contribution in [0.15, 0.2) is 36.4 Å². The normalized spacial score (nSPS) is 22.3. The lowest BCUT2D eigenvalue weighted by molar-refractivity contribution is -0.138. The zero-order valence-electron chi connectivity index (χ0n) is 23.1. The molecule has 1 aromatic heterocycles. The molecule has 2 fully saturated rings. The Balaban J connectivity index is 1.33. The standard InChI is InChI=1S/C30H36F3N5O2/c1-17(22-12-23(30(31,32)33)15-24(34)13-22)35-28-26-14-21(8-9-27(26)36-18(2)37-28)19-4-6-20(7-5-19)29(39)38(3)25-10-11-40-16-25/h8-9,12-15,17,19-20,25H,4-7,10-11,16,34H2,1-3H3,(H,35,36,37)/t17-,19?,20?,25+/m1/s1. The predicted molar refractivity (Wildman–Crippen MR) is 149 cm³/mol. The number of benzene rings is 2. The Morgan fingerprint density at radius 1 is 1.10 bits per heavy atom. The van der Waals surface area contributed by atoms with Gasteiger partial charge in [0, 0.05) is 30.6 Å². The van der Waals surface area contributed by atoms with Gasteiger partial charge in [-0.3, -0.25) is 4.79 Å². The molecule has 10 heteroatoms. The molecule has 40 heavy (non-hydrogen) atoms. The van der Waals surface area contributed by atoms with Crippen LogP contribution in [0.3, 0.4) is 0 Å². The number of hydrogen-bond acceptors (Lipinski definition) is 6. The summed E-state index contributed by atoms with van der Waals surface area (Å²) in [6, 6.07) is 9.45. The van der Waals surface area contributed by atoms with Gasteiger partial charge in [0.05, 0.1) is 29.8 Å². The molecule has 214 valence electrons. The van der Waals surface area contributed by atoms with Crippen molar-refractivity contribution in [3.63, 3.8) is 0 Å². The second kappa shape index (κ2) is 11.2. The third kappa shape index (κ3) is 6.01. The number of carbonyl (C=O) groups excluding carboxylic acids is 1. The zero-order valence-corrected chi connectivity index (χ0v) is 23.1. The van der Waals surface area contributed by atoms with Gasteiger partial charge in [-0.15, -0.1) is 0 Å². The molecule has 1 aliphatic heterocycles. The first-order valence-corrected chi connectivity index (χ1v) is 13.9. The summed E-state index contributed by atoms with van der Waals surface area (Å²) in [5.74, 6) is 1.69. The van der Waals surface area contributed by atoms with E-state index < -0.39 is 17.8 Å². The second-order valence-electron chi connectivity index (χ2n) is 11.2. The molecule has 1 aliphatic carbocycles. The van der Waals surface area contributed by atoms with Gasteiger partial charge in [0.2, 0.25) is 5.91 Å². The molecule has 1 saturated carbocycles. The lowest BCUT2D eigenvalue weighted by atomic mass is 9.78. The number of likely N-dealkylation sites (N-methyl/N-ethyl adjacent to an activating group) is 1. The summed E-state index contributed by atoms with van der Waals surface area (Å²) in [7, 11) is 1.89. The Kier molecular flexibility index (Phi) is 7.90. The molecule has 2 aliphatic rings. The molecule has 0 spiro atoms. The Hall–Kier alpha value is -3.40. The van der Waals surface area contributed by atoms with Crippen LogP contribution in [0, 0.1) is 12.8 Å². The first-order valence-electron chi connectivity index (χ1n) is 13.9. The fourth-order valence-corrected chi connectivity index (χ4v) is 5.97. The number of rotatable bonds is 6. The van der Waals surface area contributed by atoms with Crippen molar-refractivity contribution in [2.24, 2.45) is 5.92 Å². The van der Waals surface area contributed by atoms with E-state index in [1.807, 2.05) is 18.0 Å². The molecule has 1 saturated heterocycles. The quantitative estimate of drug-likeness (QED) is 0.350. The number of nitrogens with zero attached hydrogens (tertiary/aromatic N) is 3. The number of nitrogens with two attached hydrogens (primary N) is 1. The van der Waals surface area contributed by atoms with E-state index in [1.54, 1.807) is 19.9 Å². The smallest absolute Gasteiger partial charge is 0.399 e.